The number of methoxy groups -OCH3 is 1. The van der Waals surface area contributed by atoms with Gasteiger partial charge in [0.1, 0.15) is 17.4 Å². The molecule has 3 aromatic carbocycles. The average Bonchev–Trinajstić information content (AvgIpc) is 2.86. The molecule has 0 N–H and O–H groups in total. The highest BCUT2D eigenvalue weighted by Crippen LogP contribution is 2.26. The van der Waals surface area contributed by atoms with Crippen LogP contribution in [0.5, 0.6) is 5.75 Å². The van der Waals surface area contributed by atoms with E-state index in [-0.39, 0.29) is 24.1 Å². The molecule has 0 amide bonds. The molecule has 1 atom stereocenters. The Balaban J connectivity index is 1.45. The summed E-state index contributed by atoms with van der Waals surface area (Å²) in [5.74, 6) is -1.14. The van der Waals surface area contributed by atoms with Gasteiger partial charge in [-0.05, 0) is 47.5 Å². The van der Waals surface area contributed by atoms with Crippen LogP contribution in [0.3, 0.4) is 0 Å². The fourth-order valence-corrected chi connectivity index (χ4v) is 5.81. The summed E-state index contributed by atoms with van der Waals surface area (Å²) in [7, 11) is -2.40. The van der Waals surface area contributed by atoms with Crippen molar-refractivity contribution in [3.63, 3.8) is 0 Å². The largest absolute Gasteiger partial charge is 0.497 e. The van der Waals surface area contributed by atoms with Crippen LogP contribution < -0.4 is 4.74 Å². The van der Waals surface area contributed by atoms with E-state index < -0.39 is 21.7 Å². The molecule has 1 heterocycles. The zero-order chi connectivity index (χ0) is 25.7. The lowest BCUT2D eigenvalue weighted by Crippen LogP contribution is -2.49. The summed E-state index contributed by atoms with van der Waals surface area (Å²) >= 11 is 6.11. The summed E-state index contributed by atoms with van der Waals surface area (Å²) in [4.78, 5) is 1.73. The number of sulfonamides is 1. The van der Waals surface area contributed by atoms with E-state index in [0.717, 1.165) is 23.3 Å². The summed E-state index contributed by atoms with van der Waals surface area (Å²) < 4.78 is 66.0. The molecule has 0 bridgehead atoms. The number of benzene rings is 3. The first-order valence-corrected chi connectivity index (χ1v) is 13.2. The quantitative estimate of drug-likeness (QED) is 0.390. The number of nitrogens with zero attached hydrogens (tertiary/aromatic N) is 2. The fraction of sp³-hybridized carbons (Fsp3) is 0.308. The summed E-state index contributed by atoms with van der Waals surface area (Å²) in [6.45, 7) is 2.15. The number of hydrogen-bond acceptors (Lipinski definition) is 5. The second-order valence-corrected chi connectivity index (χ2v) is 10.9. The topological polar surface area (TPSA) is 59.1 Å². The first kappa shape index (κ1) is 26.5. The maximum absolute atomic E-state index is 13.6. The molecule has 1 aliphatic heterocycles. The fourth-order valence-electron chi connectivity index (χ4n) is 4.13. The van der Waals surface area contributed by atoms with E-state index in [1.165, 1.54) is 4.31 Å². The first-order chi connectivity index (χ1) is 17.2. The Kier molecular flexibility index (Phi) is 8.58. The van der Waals surface area contributed by atoms with Gasteiger partial charge in [0.25, 0.3) is 0 Å². The molecule has 1 aliphatic rings. The molecule has 36 heavy (non-hydrogen) atoms. The highest BCUT2D eigenvalue weighted by Gasteiger charge is 2.30. The lowest BCUT2D eigenvalue weighted by atomic mass is 10.1. The monoisotopic (exact) mass is 536 g/mol. The Morgan fingerprint density at radius 3 is 2.31 bits per heavy atom. The van der Waals surface area contributed by atoms with Gasteiger partial charge in [-0.2, -0.15) is 4.31 Å². The van der Waals surface area contributed by atoms with Crippen molar-refractivity contribution in [3.8, 4) is 5.75 Å². The smallest absolute Gasteiger partial charge is 0.243 e. The third-order valence-electron chi connectivity index (χ3n) is 6.03. The second kappa shape index (κ2) is 11.7. The molecule has 0 radical (unpaired) electrons. The summed E-state index contributed by atoms with van der Waals surface area (Å²) in [5.41, 5.74) is 1.87. The minimum absolute atomic E-state index is 0.194. The molecule has 0 spiro atoms. The summed E-state index contributed by atoms with van der Waals surface area (Å²) in [6.07, 6.45) is -0.306. The average molecular weight is 537 g/mol. The van der Waals surface area contributed by atoms with Gasteiger partial charge < -0.3 is 9.47 Å². The van der Waals surface area contributed by atoms with E-state index in [0.29, 0.717) is 43.1 Å². The van der Waals surface area contributed by atoms with Gasteiger partial charge in [0, 0.05) is 43.8 Å². The van der Waals surface area contributed by atoms with Gasteiger partial charge in [-0.25, -0.2) is 17.2 Å². The number of rotatable bonds is 9. The summed E-state index contributed by atoms with van der Waals surface area (Å²) in [6, 6.07) is 17.4. The predicted molar refractivity (Wildman–Crippen MR) is 134 cm³/mol. The molecular weight excluding hydrogens is 510 g/mol. The minimum Gasteiger partial charge on any atom is -0.497 e. The van der Waals surface area contributed by atoms with Gasteiger partial charge in [-0.3, -0.25) is 4.90 Å². The maximum Gasteiger partial charge on any atom is 0.243 e. The lowest BCUT2D eigenvalue weighted by Gasteiger charge is -2.36. The van der Waals surface area contributed by atoms with E-state index in [2.05, 4.69) is 4.90 Å². The van der Waals surface area contributed by atoms with Crippen LogP contribution in [0.1, 0.15) is 17.2 Å². The summed E-state index contributed by atoms with van der Waals surface area (Å²) in [5, 5.41) is 0.629. The first-order valence-electron chi connectivity index (χ1n) is 11.4. The minimum atomic E-state index is -4.00. The van der Waals surface area contributed by atoms with Crippen LogP contribution in [0.4, 0.5) is 8.78 Å². The van der Waals surface area contributed by atoms with Crippen molar-refractivity contribution < 1.29 is 26.7 Å². The molecule has 0 saturated carbocycles. The van der Waals surface area contributed by atoms with E-state index in [9.17, 15) is 17.2 Å². The van der Waals surface area contributed by atoms with Gasteiger partial charge in [-0.15, -0.1) is 0 Å². The molecule has 6 nitrogen and oxygen atoms in total. The number of piperazine rings is 1. The molecule has 1 unspecified atom stereocenters. The van der Waals surface area contributed by atoms with Crippen molar-refractivity contribution >= 4 is 21.6 Å². The van der Waals surface area contributed by atoms with Gasteiger partial charge >= 0.3 is 0 Å². The molecule has 10 heteroatoms. The molecule has 192 valence electrons. The Hall–Kier alpha value is -2.56. The molecule has 1 fully saturated rings. The normalized spacial score (nSPS) is 16.1. The van der Waals surface area contributed by atoms with Gasteiger partial charge in [0.05, 0.1) is 24.7 Å². The SMILES string of the molecule is COc1cccc(C(CN2CCN(S(=O)(=O)c3cc(F)cc(F)c3)CC2)OCc2cccc(Cl)c2)c1. The lowest BCUT2D eigenvalue weighted by molar-refractivity contribution is 0.00763. The molecule has 0 aromatic heterocycles. The molecule has 3 aromatic rings. The Morgan fingerprint density at radius 2 is 1.64 bits per heavy atom. The van der Waals surface area contributed by atoms with Crippen molar-refractivity contribution in [2.75, 3.05) is 39.8 Å². The number of hydrogen-bond donors (Lipinski definition) is 0. The molecule has 4 rings (SSSR count). The van der Waals surface area contributed by atoms with Crippen LogP contribution in [0.2, 0.25) is 5.02 Å². The van der Waals surface area contributed by atoms with Crippen LogP contribution in [0.15, 0.2) is 71.6 Å². The van der Waals surface area contributed by atoms with Crippen LogP contribution in [-0.2, 0) is 21.4 Å². The Morgan fingerprint density at radius 1 is 0.944 bits per heavy atom. The molecule has 0 aliphatic carbocycles. The van der Waals surface area contributed by atoms with Gasteiger partial charge in [-0.1, -0.05) is 35.9 Å². The molecule has 1 saturated heterocycles. The van der Waals surface area contributed by atoms with E-state index in [1.807, 2.05) is 42.5 Å². The third-order valence-corrected chi connectivity index (χ3v) is 8.15. The zero-order valence-corrected chi connectivity index (χ0v) is 21.3. The molecular formula is C26H27ClF2N2O4S. The van der Waals surface area contributed by atoms with Crippen LogP contribution in [0, 0.1) is 11.6 Å². The van der Waals surface area contributed by atoms with Gasteiger partial charge in [0.2, 0.25) is 10.0 Å². The van der Waals surface area contributed by atoms with E-state index in [4.69, 9.17) is 21.1 Å². The van der Waals surface area contributed by atoms with Crippen LogP contribution >= 0.6 is 11.6 Å². The second-order valence-electron chi connectivity index (χ2n) is 8.52. The van der Waals surface area contributed by atoms with E-state index in [1.54, 1.807) is 13.2 Å². The number of halogens is 3. The van der Waals surface area contributed by atoms with E-state index >= 15 is 0 Å². The van der Waals surface area contributed by atoms with Crippen molar-refractivity contribution in [2.24, 2.45) is 0 Å². The standard InChI is InChI=1S/C26H27ClF2N2O4S/c1-34-24-7-3-5-20(13-24)26(35-18-19-4-2-6-21(27)12-19)17-30-8-10-31(11-9-30)36(32,33)25-15-22(28)14-23(29)16-25/h2-7,12-16,26H,8-11,17-18H2,1H3. The maximum atomic E-state index is 13.6. The zero-order valence-electron chi connectivity index (χ0n) is 19.7. The van der Waals surface area contributed by atoms with Gasteiger partial charge in [0.15, 0.2) is 0 Å². The third kappa shape index (κ3) is 6.60. The number of ether oxygens (including phenoxy) is 2. The Labute approximate surface area is 215 Å². The van der Waals surface area contributed by atoms with Crippen molar-refractivity contribution in [1.82, 2.24) is 9.21 Å². The van der Waals surface area contributed by atoms with Crippen molar-refractivity contribution in [3.05, 3.63) is 94.5 Å². The van der Waals surface area contributed by atoms with Crippen molar-refractivity contribution in [1.29, 1.82) is 0 Å². The highest BCUT2D eigenvalue weighted by molar-refractivity contribution is 7.89. The predicted octanol–water partition coefficient (Wildman–Crippen LogP) is 4.89. The van der Waals surface area contributed by atoms with Crippen molar-refractivity contribution in [2.45, 2.75) is 17.6 Å². The van der Waals surface area contributed by atoms with Crippen LogP contribution in [-0.4, -0.2) is 57.5 Å². The van der Waals surface area contributed by atoms with Crippen LogP contribution in [0.25, 0.3) is 0 Å². The highest BCUT2D eigenvalue weighted by atomic mass is 35.5. The Bertz CT molecular complexity index is 1280.